The topological polar surface area (TPSA) is 70.2 Å². The van der Waals surface area contributed by atoms with E-state index in [1.807, 2.05) is 6.92 Å². The predicted molar refractivity (Wildman–Crippen MR) is 75.9 cm³/mol. The molecule has 5 heteroatoms. The summed E-state index contributed by atoms with van der Waals surface area (Å²) in [5.41, 5.74) is 0.347. The zero-order chi connectivity index (χ0) is 14.3. The van der Waals surface area contributed by atoms with Crippen molar-refractivity contribution >= 4 is 11.9 Å². The molecule has 1 rings (SSSR count). The van der Waals surface area contributed by atoms with Gasteiger partial charge in [0.1, 0.15) is 0 Å². The summed E-state index contributed by atoms with van der Waals surface area (Å²) in [6, 6.07) is -0.765. The number of carbonyl (C=O) groups excluding carboxylic acids is 2. The molecule has 0 spiro atoms. The van der Waals surface area contributed by atoms with Gasteiger partial charge < -0.3 is 10.6 Å². The van der Waals surface area contributed by atoms with Gasteiger partial charge >= 0.3 is 6.03 Å². The molecular formula is C14H27N3O2. The smallest absolute Gasteiger partial charge is 0.321 e. The molecule has 0 saturated heterocycles. The van der Waals surface area contributed by atoms with Gasteiger partial charge in [-0.1, -0.05) is 19.8 Å². The standard InChI is InChI=1S/C14H27N3O2/c1-4-14(8-6-7-9-14)10-16-11(3)12(18)17-13(19)15-5-2/h11,16H,4-10H2,1-3H3,(H2,15,17,18,19). The number of rotatable bonds is 6. The highest BCUT2D eigenvalue weighted by molar-refractivity contribution is 5.96. The lowest BCUT2D eigenvalue weighted by Gasteiger charge is -2.29. The first-order chi connectivity index (χ1) is 9.03. The van der Waals surface area contributed by atoms with Crippen LogP contribution in [0.3, 0.4) is 0 Å². The van der Waals surface area contributed by atoms with Gasteiger partial charge in [0.2, 0.25) is 5.91 Å². The molecule has 3 N–H and O–H groups in total. The van der Waals surface area contributed by atoms with E-state index >= 15 is 0 Å². The Hall–Kier alpha value is -1.10. The molecule has 1 fully saturated rings. The lowest BCUT2D eigenvalue weighted by molar-refractivity contribution is -0.121. The number of carbonyl (C=O) groups is 2. The normalized spacial score (nSPS) is 18.9. The molecule has 3 amide bonds. The molecule has 0 aromatic heterocycles. The highest BCUT2D eigenvalue weighted by Gasteiger charge is 2.32. The van der Waals surface area contributed by atoms with Crippen LogP contribution >= 0.6 is 0 Å². The molecule has 1 saturated carbocycles. The number of hydrogen-bond donors (Lipinski definition) is 3. The Balaban J connectivity index is 2.35. The Bertz CT molecular complexity index is 312. The molecule has 5 nitrogen and oxygen atoms in total. The lowest BCUT2D eigenvalue weighted by atomic mass is 9.83. The lowest BCUT2D eigenvalue weighted by Crippen LogP contribution is -2.49. The van der Waals surface area contributed by atoms with Crippen molar-refractivity contribution in [3.8, 4) is 0 Å². The van der Waals surface area contributed by atoms with Crippen molar-refractivity contribution in [3.63, 3.8) is 0 Å². The second kappa shape index (κ2) is 7.48. The summed E-state index contributed by atoms with van der Waals surface area (Å²) in [6.07, 6.45) is 6.19. The van der Waals surface area contributed by atoms with Gasteiger partial charge in [0, 0.05) is 13.1 Å². The first-order valence-corrected chi connectivity index (χ1v) is 7.35. The van der Waals surface area contributed by atoms with E-state index in [1.165, 1.54) is 25.7 Å². The molecule has 0 aliphatic heterocycles. The third-order valence-electron chi connectivity index (χ3n) is 4.16. The monoisotopic (exact) mass is 269 g/mol. The van der Waals surface area contributed by atoms with E-state index in [-0.39, 0.29) is 11.9 Å². The zero-order valence-corrected chi connectivity index (χ0v) is 12.3. The number of imide groups is 1. The van der Waals surface area contributed by atoms with E-state index < -0.39 is 6.03 Å². The van der Waals surface area contributed by atoms with Crippen molar-refractivity contribution in [3.05, 3.63) is 0 Å². The fraction of sp³-hybridized carbons (Fsp3) is 0.857. The molecule has 19 heavy (non-hydrogen) atoms. The zero-order valence-electron chi connectivity index (χ0n) is 12.3. The average Bonchev–Trinajstić information content (AvgIpc) is 2.85. The summed E-state index contributed by atoms with van der Waals surface area (Å²) in [5, 5.41) is 8.16. The molecule has 1 aliphatic carbocycles. The molecule has 1 atom stereocenters. The summed E-state index contributed by atoms with van der Waals surface area (Å²) in [5.74, 6) is -0.268. The second-order valence-corrected chi connectivity index (χ2v) is 5.51. The van der Waals surface area contributed by atoms with Gasteiger partial charge in [-0.05, 0) is 38.5 Å². The maximum Gasteiger partial charge on any atom is 0.321 e. The molecule has 0 heterocycles. The molecule has 1 unspecified atom stereocenters. The van der Waals surface area contributed by atoms with Crippen LogP contribution in [0.2, 0.25) is 0 Å². The number of hydrogen-bond acceptors (Lipinski definition) is 3. The highest BCUT2D eigenvalue weighted by atomic mass is 16.2. The first kappa shape index (κ1) is 16.0. The van der Waals surface area contributed by atoms with Crippen molar-refractivity contribution in [2.75, 3.05) is 13.1 Å². The van der Waals surface area contributed by atoms with E-state index in [2.05, 4.69) is 22.9 Å². The quantitative estimate of drug-likeness (QED) is 0.688. The van der Waals surface area contributed by atoms with Gasteiger partial charge in [-0.2, -0.15) is 0 Å². The van der Waals surface area contributed by atoms with E-state index in [0.29, 0.717) is 12.0 Å². The summed E-state index contributed by atoms with van der Waals surface area (Å²) in [6.45, 7) is 7.20. The maximum atomic E-state index is 11.8. The minimum atomic E-state index is -0.424. The van der Waals surface area contributed by atoms with E-state index in [4.69, 9.17) is 0 Å². The average molecular weight is 269 g/mol. The molecule has 0 aromatic rings. The number of nitrogens with one attached hydrogen (secondary N) is 3. The Morgan fingerprint density at radius 1 is 1.21 bits per heavy atom. The van der Waals surface area contributed by atoms with Crippen molar-refractivity contribution < 1.29 is 9.59 Å². The first-order valence-electron chi connectivity index (χ1n) is 7.35. The van der Waals surface area contributed by atoms with Crippen molar-refractivity contribution in [2.45, 2.75) is 58.9 Å². The molecule has 0 radical (unpaired) electrons. The minimum Gasteiger partial charge on any atom is -0.338 e. The number of urea groups is 1. The SMILES string of the molecule is CCNC(=O)NC(=O)C(C)NCC1(CC)CCCC1. The Morgan fingerprint density at radius 2 is 1.84 bits per heavy atom. The van der Waals surface area contributed by atoms with Crippen LogP contribution < -0.4 is 16.0 Å². The van der Waals surface area contributed by atoms with Crippen molar-refractivity contribution in [1.29, 1.82) is 0 Å². The van der Waals surface area contributed by atoms with Crippen LogP contribution in [-0.4, -0.2) is 31.1 Å². The van der Waals surface area contributed by atoms with Crippen LogP contribution in [0.15, 0.2) is 0 Å². The van der Waals surface area contributed by atoms with Crippen LogP contribution in [-0.2, 0) is 4.79 Å². The molecule has 0 aromatic carbocycles. The highest BCUT2D eigenvalue weighted by Crippen LogP contribution is 2.40. The van der Waals surface area contributed by atoms with E-state index in [1.54, 1.807) is 6.92 Å². The third kappa shape index (κ3) is 4.82. The third-order valence-corrected chi connectivity index (χ3v) is 4.16. The van der Waals surface area contributed by atoms with Crippen molar-refractivity contribution in [1.82, 2.24) is 16.0 Å². The Morgan fingerprint density at radius 3 is 2.37 bits per heavy atom. The predicted octanol–water partition coefficient (Wildman–Crippen LogP) is 1.78. The summed E-state index contributed by atoms with van der Waals surface area (Å²) in [7, 11) is 0. The minimum absolute atomic E-state index is 0.268. The van der Waals surface area contributed by atoms with Crippen LogP contribution in [0.5, 0.6) is 0 Å². The van der Waals surface area contributed by atoms with E-state index in [0.717, 1.165) is 13.0 Å². The van der Waals surface area contributed by atoms with Gasteiger partial charge in [-0.15, -0.1) is 0 Å². The fourth-order valence-electron chi connectivity index (χ4n) is 2.67. The van der Waals surface area contributed by atoms with Gasteiger partial charge in [-0.25, -0.2) is 4.79 Å². The van der Waals surface area contributed by atoms with E-state index in [9.17, 15) is 9.59 Å². The van der Waals surface area contributed by atoms with Gasteiger partial charge in [0.25, 0.3) is 0 Å². The van der Waals surface area contributed by atoms with Crippen LogP contribution in [0, 0.1) is 5.41 Å². The Kier molecular flexibility index (Phi) is 6.28. The maximum absolute atomic E-state index is 11.8. The van der Waals surface area contributed by atoms with Crippen LogP contribution in [0.1, 0.15) is 52.9 Å². The molecular weight excluding hydrogens is 242 g/mol. The largest absolute Gasteiger partial charge is 0.338 e. The van der Waals surface area contributed by atoms with Crippen molar-refractivity contribution in [2.24, 2.45) is 5.41 Å². The summed E-state index contributed by atoms with van der Waals surface area (Å²) >= 11 is 0. The van der Waals surface area contributed by atoms with Crippen LogP contribution in [0.25, 0.3) is 0 Å². The molecule has 1 aliphatic rings. The summed E-state index contributed by atoms with van der Waals surface area (Å²) in [4.78, 5) is 23.1. The number of amides is 3. The summed E-state index contributed by atoms with van der Waals surface area (Å²) < 4.78 is 0. The van der Waals surface area contributed by atoms with Crippen LogP contribution in [0.4, 0.5) is 4.79 Å². The fourth-order valence-corrected chi connectivity index (χ4v) is 2.67. The molecule has 0 bridgehead atoms. The molecule has 110 valence electrons. The Labute approximate surface area is 115 Å². The van der Waals surface area contributed by atoms with Gasteiger partial charge in [0.15, 0.2) is 0 Å². The van der Waals surface area contributed by atoms with Gasteiger partial charge in [-0.3, -0.25) is 10.1 Å². The van der Waals surface area contributed by atoms with Gasteiger partial charge in [0.05, 0.1) is 6.04 Å². The second-order valence-electron chi connectivity index (χ2n) is 5.51.